The van der Waals surface area contributed by atoms with Crippen LogP contribution in [0.1, 0.15) is 22.6 Å². The summed E-state index contributed by atoms with van der Waals surface area (Å²) in [7, 11) is 1.87. The Morgan fingerprint density at radius 1 is 1.10 bits per heavy atom. The van der Waals surface area contributed by atoms with Gasteiger partial charge in [-0.1, -0.05) is 42.0 Å². The van der Waals surface area contributed by atoms with Crippen molar-refractivity contribution in [3.8, 4) is 0 Å². The molecule has 3 heteroatoms. The first-order chi connectivity index (χ1) is 9.61. The van der Waals surface area contributed by atoms with Crippen LogP contribution in [0, 0.1) is 18.6 Å². The summed E-state index contributed by atoms with van der Waals surface area (Å²) in [5.74, 6) is -1.40. The van der Waals surface area contributed by atoms with Gasteiger partial charge in [0.2, 0.25) is 0 Å². The molecule has 1 N–H and O–H groups in total. The number of rotatable bonds is 5. The average molecular weight is 275 g/mol. The van der Waals surface area contributed by atoms with Gasteiger partial charge in [0.15, 0.2) is 11.6 Å². The van der Waals surface area contributed by atoms with Gasteiger partial charge in [0.1, 0.15) is 0 Å². The summed E-state index contributed by atoms with van der Waals surface area (Å²) in [6.07, 6.45) is 0.480. The Labute approximate surface area is 118 Å². The lowest BCUT2D eigenvalue weighted by atomic mass is 9.91. The molecule has 1 unspecified atom stereocenters. The molecular weight excluding hydrogens is 256 g/mol. The Hall–Kier alpha value is -1.74. The molecule has 0 spiro atoms. The molecule has 0 fully saturated rings. The van der Waals surface area contributed by atoms with Crippen molar-refractivity contribution in [3.63, 3.8) is 0 Å². The number of halogens is 2. The largest absolute Gasteiger partial charge is 0.319 e. The van der Waals surface area contributed by atoms with Crippen LogP contribution in [-0.2, 0) is 6.42 Å². The van der Waals surface area contributed by atoms with E-state index < -0.39 is 11.6 Å². The van der Waals surface area contributed by atoms with Crippen molar-refractivity contribution in [1.29, 1.82) is 0 Å². The van der Waals surface area contributed by atoms with Crippen LogP contribution in [0.2, 0.25) is 0 Å². The first-order valence-electron chi connectivity index (χ1n) is 6.76. The first-order valence-corrected chi connectivity index (χ1v) is 6.76. The van der Waals surface area contributed by atoms with Gasteiger partial charge in [-0.2, -0.15) is 0 Å². The normalized spacial score (nSPS) is 12.4. The van der Waals surface area contributed by atoms with E-state index >= 15 is 0 Å². The van der Waals surface area contributed by atoms with Gasteiger partial charge >= 0.3 is 0 Å². The van der Waals surface area contributed by atoms with Gasteiger partial charge in [-0.25, -0.2) is 8.78 Å². The summed E-state index contributed by atoms with van der Waals surface area (Å²) in [6.45, 7) is 2.75. The molecule has 0 saturated heterocycles. The molecule has 20 heavy (non-hydrogen) atoms. The average Bonchev–Trinajstić information content (AvgIpc) is 2.43. The molecule has 0 saturated carbocycles. The van der Waals surface area contributed by atoms with E-state index in [2.05, 4.69) is 11.4 Å². The van der Waals surface area contributed by atoms with E-state index in [1.165, 1.54) is 5.56 Å². The fourth-order valence-corrected chi connectivity index (χ4v) is 2.45. The van der Waals surface area contributed by atoms with Gasteiger partial charge in [0, 0.05) is 12.5 Å². The van der Waals surface area contributed by atoms with E-state index in [4.69, 9.17) is 0 Å². The Morgan fingerprint density at radius 2 is 1.85 bits per heavy atom. The number of likely N-dealkylation sites (N-methyl/N-ethyl adjacent to an activating group) is 1. The molecule has 106 valence electrons. The van der Waals surface area contributed by atoms with Gasteiger partial charge in [0.05, 0.1) is 0 Å². The van der Waals surface area contributed by atoms with E-state index in [1.807, 2.05) is 32.2 Å². The maximum atomic E-state index is 13.8. The smallest absolute Gasteiger partial charge is 0.162 e. The second-order valence-corrected chi connectivity index (χ2v) is 5.09. The van der Waals surface area contributed by atoms with Crippen LogP contribution in [-0.4, -0.2) is 13.6 Å². The highest BCUT2D eigenvalue weighted by molar-refractivity contribution is 5.29. The summed E-state index contributed by atoms with van der Waals surface area (Å²) in [5, 5.41) is 3.12. The highest BCUT2D eigenvalue weighted by Crippen LogP contribution is 2.23. The third-order valence-electron chi connectivity index (χ3n) is 3.46. The summed E-state index contributed by atoms with van der Waals surface area (Å²) in [4.78, 5) is 0. The standard InChI is InChI=1S/C17H19F2N/c1-12-5-3-6-13(9-12)15(11-20-2)10-14-7-4-8-16(18)17(14)19/h3-9,15,20H,10-11H2,1-2H3. The van der Waals surface area contributed by atoms with Crippen LogP contribution in [0.15, 0.2) is 42.5 Å². The number of nitrogens with one attached hydrogen (secondary N) is 1. The minimum Gasteiger partial charge on any atom is -0.319 e. The third-order valence-corrected chi connectivity index (χ3v) is 3.46. The maximum absolute atomic E-state index is 13.8. The van der Waals surface area contributed by atoms with Gasteiger partial charge in [-0.15, -0.1) is 0 Å². The molecule has 0 aromatic heterocycles. The van der Waals surface area contributed by atoms with Crippen LogP contribution in [0.3, 0.4) is 0 Å². The number of benzene rings is 2. The van der Waals surface area contributed by atoms with Gasteiger partial charge in [0.25, 0.3) is 0 Å². The summed E-state index contributed by atoms with van der Waals surface area (Å²) >= 11 is 0. The molecule has 0 aliphatic rings. The second-order valence-electron chi connectivity index (χ2n) is 5.09. The molecule has 0 aliphatic carbocycles. The molecule has 1 nitrogen and oxygen atoms in total. The molecule has 0 aliphatic heterocycles. The van der Waals surface area contributed by atoms with E-state index in [-0.39, 0.29) is 5.92 Å². The van der Waals surface area contributed by atoms with E-state index in [0.29, 0.717) is 12.0 Å². The number of hydrogen-bond acceptors (Lipinski definition) is 1. The fraction of sp³-hybridized carbons (Fsp3) is 0.294. The lowest BCUT2D eigenvalue weighted by Gasteiger charge is -2.18. The molecule has 2 rings (SSSR count). The Balaban J connectivity index is 2.28. The third kappa shape index (κ3) is 3.42. The molecule has 2 aromatic carbocycles. The molecule has 0 heterocycles. The molecule has 2 aromatic rings. The van der Waals surface area contributed by atoms with Crippen molar-refractivity contribution in [1.82, 2.24) is 5.32 Å². The molecule has 0 bridgehead atoms. The monoisotopic (exact) mass is 275 g/mol. The SMILES string of the molecule is CNCC(Cc1cccc(F)c1F)c1cccc(C)c1. The summed E-state index contributed by atoms with van der Waals surface area (Å²) < 4.78 is 27.1. The van der Waals surface area contributed by atoms with E-state index in [9.17, 15) is 8.78 Å². The molecular formula is C17H19F2N. The fourth-order valence-electron chi connectivity index (χ4n) is 2.45. The van der Waals surface area contributed by atoms with Gasteiger partial charge < -0.3 is 5.32 Å². The zero-order chi connectivity index (χ0) is 14.5. The summed E-state index contributed by atoms with van der Waals surface area (Å²) in [5.41, 5.74) is 2.73. The molecule has 0 amide bonds. The first kappa shape index (κ1) is 14.7. The van der Waals surface area contributed by atoms with Crippen LogP contribution >= 0.6 is 0 Å². The minimum atomic E-state index is -0.782. The lowest BCUT2D eigenvalue weighted by Crippen LogP contribution is -2.19. The minimum absolute atomic E-state index is 0.121. The maximum Gasteiger partial charge on any atom is 0.162 e. The second kappa shape index (κ2) is 6.62. The highest BCUT2D eigenvalue weighted by Gasteiger charge is 2.16. The Morgan fingerprint density at radius 3 is 2.55 bits per heavy atom. The van der Waals surface area contributed by atoms with Gasteiger partial charge in [-0.05, 0) is 37.6 Å². The quantitative estimate of drug-likeness (QED) is 0.874. The predicted molar refractivity (Wildman–Crippen MR) is 77.9 cm³/mol. The lowest BCUT2D eigenvalue weighted by molar-refractivity contribution is 0.491. The van der Waals surface area contributed by atoms with E-state index in [1.54, 1.807) is 12.1 Å². The van der Waals surface area contributed by atoms with Gasteiger partial charge in [-0.3, -0.25) is 0 Å². The van der Waals surface area contributed by atoms with Crippen LogP contribution in [0.4, 0.5) is 8.78 Å². The topological polar surface area (TPSA) is 12.0 Å². The molecule has 0 radical (unpaired) electrons. The number of hydrogen-bond donors (Lipinski definition) is 1. The van der Waals surface area contributed by atoms with Crippen molar-refractivity contribution in [2.45, 2.75) is 19.3 Å². The van der Waals surface area contributed by atoms with Crippen LogP contribution in [0.25, 0.3) is 0 Å². The van der Waals surface area contributed by atoms with Crippen molar-refractivity contribution < 1.29 is 8.78 Å². The van der Waals surface area contributed by atoms with Crippen LogP contribution < -0.4 is 5.32 Å². The van der Waals surface area contributed by atoms with Crippen molar-refractivity contribution >= 4 is 0 Å². The van der Waals surface area contributed by atoms with E-state index in [0.717, 1.165) is 18.2 Å². The Bertz CT molecular complexity index is 581. The zero-order valence-corrected chi connectivity index (χ0v) is 11.8. The summed E-state index contributed by atoms with van der Waals surface area (Å²) in [6, 6.07) is 12.5. The van der Waals surface area contributed by atoms with Crippen LogP contribution in [0.5, 0.6) is 0 Å². The zero-order valence-electron chi connectivity index (χ0n) is 11.8. The molecule has 1 atom stereocenters. The van der Waals surface area contributed by atoms with Crippen molar-refractivity contribution in [2.75, 3.05) is 13.6 Å². The van der Waals surface area contributed by atoms with Crippen molar-refractivity contribution in [2.24, 2.45) is 0 Å². The predicted octanol–water partition coefficient (Wildman–Crippen LogP) is 3.82. The number of aryl methyl sites for hydroxylation is 1. The van der Waals surface area contributed by atoms with Crippen molar-refractivity contribution in [3.05, 3.63) is 70.8 Å². The highest BCUT2D eigenvalue weighted by atomic mass is 19.2. The Kier molecular flexibility index (Phi) is 4.85.